The monoisotopic (exact) mass is 421 g/mol. The highest BCUT2D eigenvalue weighted by atomic mass is 16.5. The van der Waals surface area contributed by atoms with Gasteiger partial charge in [-0.1, -0.05) is 12.1 Å². The molecule has 8 nitrogen and oxygen atoms in total. The van der Waals surface area contributed by atoms with Crippen molar-refractivity contribution >= 4 is 22.8 Å². The molecule has 1 N–H and O–H groups in total. The topological polar surface area (TPSA) is 99.5 Å². The molecule has 0 bridgehead atoms. The molecule has 0 fully saturated rings. The van der Waals surface area contributed by atoms with Gasteiger partial charge in [0.05, 0.1) is 23.6 Å². The average Bonchev–Trinajstić information content (AvgIpc) is 3.26. The number of esters is 1. The van der Waals surface area contributed by atoms with Crippen LogP contribution in [-0.4, -0.2) is 34.6 Å². The lowest BCUT2D eigenvalue weighted by molar-refractivity contribution is -0.129. The van der Waals surface area contributed by atoms with E-state index in [4.69, 9.17) is 9.47 Å². The van der Waals surface area contributed by atoms with E-state index in [9.17, 15) is 14.4 Å². The van der Waals surface area contributed by atoms with Crippen LogP contribution in [0.15, 0.2) is 47.3 Å². The zero-order valence-corrected chi connectivity index (χ0v) is 17.4. The summed E-state index contributed by atoms with van der Waals surface area (Å²) in [6, 6.07) is 12.0. The van der Waals surface area contributed by atoms with Crippen molar-refractivity contribution < 1.29 is 19.1 Å². The Kier molecular flexibility index (Phi) is 5.70. The van der Waals surface area contributed by atoms with Crippen LogP contribution in [0.4, 0.5) is 0 Å². The van der Waals surface area contributed by atoms with E-state index in [1.165, 1.54) is 13.0 Å². The minimum absolute atomic E-state index is 0.0938. The van der Waals surface area contributed by atoms with Gasteiger partial charge in [0.1, 0.15) is 11.6 Å². The van der Waals surface area contributed by atoms with Crippen molar-refractivity contribution in [3.05, 3.63) is 69.8 Å². The molecule has 1 aliphatic rings. The number of nitrogens with zero attached hydrogens (tertiary/aromatic N) is 2. The van der Waals surface area contributed by atoms with E-state index >= 15 is 0 Å². The van der Waals surface area contributed by atoms with Gasteiger partial charge in [-0.2, -0.15) is 0 Å². The second-order valence-electron chi connectivity index (χ2n) is 7.43. The largest absolute Gasteiger partial charge is 0.497 e. The Bertz CT molecular complexity index is 1200. The number of ether oxygens (including phenoxy) is 2. The number of aryl methyl sites for hydroxylation is 1. The van der Waals surface area contributed by atoms with E-state index in [2.05, 4.69) is 10.3 Å². The van der Waals surface area contributed by atoms with Gasteiger partial charge in [-0.15, -0.1) is 0 Å². The van der Waals surface area contributed by atoms with Crippen molar-refractivity contribution in [2.24, 2.45) is 0 Å². The molecule has 4 rings (SSSR count). The molecule has 0 radical (unpaired) electrons. The lowest BCUT2D eigenvalue weighted by Gasteiger charge is -2.14. The van der Waals surface area contributed by atoms with Gasteiger partial charge in [0.25, 0.3) is 11.5 Å². The number of rotatable bonds is 6. The lowest BCUT2D eigenvalue weighted by Crippen LogP contribution is -2.35. The first kappa shape index (κ1) is 20.6. The molecule has 1 amide bonds. The summed E-state index contributed by atoms with van der Waals surface area (Å²) in [7, 11) is 1.59. The Morgan fingerprint density at radius 3 is 2.71 bits per heavy atom. The van der Waals surface area contributed by atoms with Crippen molar-refractivity contribution in [3.63, 3.8) is 0 Å². The van der Waals surface area contributed by atoms with E-state index in [1.54, 1.807) is 35.9 Å². The van der Waals surface area contributed by atoms with Gasteiger partial charge < -0.3 is 14.8 Å². The van der Waals surface area contributed by atoms with Gasteiger partial charge in [0, 0.05) is 19.5 Å². The minimum Gasteiger partial charge on any atom is -0.497 e. The van der Waals surface area contributed by atoms with E-state index in [1.807, 2.05) is 12.1 Å². The summed E-state index contributed by atoms with van der Waals surface area (Å²) in [5.41, 5.74) is 1.51. The molecule has 0 spiro atoms. The number of amides is 1. The molecule has 31 heavy (non-hydrogen) atoms. The van der Waals surface area contributed by atoms with E-state index in [-0.39, 0.29) is 11.1 Å². The zero-order valence-electron chi connectivity index (χ0n) is 17.4. The third-order valence-corrected chi connectivity index (χ3v) is 5.33. The molecule has 1 aromatic heterocycles. The maximum Gasteiger partial charge on any atom is 0.338 e. The van der Waals surface area contributed by atoms with E-state index < -0.39 is 18.0 Å². The maximum atomic E-state index is 12.5. The third kappa shape index (κ3) is 4.28. The summed E-state index contributed by atoms with van der Waals surface area (Å²) in [6.07, 6.45) is 0.655. The predicted molar refractivity (Wildman–Crippen MR) is 114 cm³/mol. The number of nitrogens with one attached hydrogen (secondary N) is 1. The number of methoxy groups -OCH3 is 1. The number of fused-ring (bicyclic) bond motifs is 2. The van der Waals surface area contributed by atoms with Crippen molar-refractivity contribution in [1.82, 2.24) is 14.9 Å². The average molecular weight is 421 g/mol. The first-order valence-electron chi connectivity index (χ1n) is 10.1. The molecule has 2 heterocycles. The van der Waals surface area contributed by atoms with Crippen LogP contribution in [-0.2, 0) is 29.0 Å². The second kappa shape index (κ2) is 8.59. The number of hydrogen-bond donors (Lipinski definition) is 1. The highest BCUT2D eigenvalue weighted by Gasteiger charge is 2.21. The number of aromatic nitrogens is 2. The molecule has 1 atom stereocenters. The predicted octanol–water partition coefficient (Wildman–Crippen LogP) is 2.21. The summed E-state index contributed by atoms with van der Waals surface area (Å²) in [5, 5.41) is 3.21. The van der Waals surface area contributed by atoms with Gasteiger partial charge in [0.2, 0.25) is 0 Å². The van der Waals surface area contributed by atoms with Crippen LogP contribution in [0.5, 0.6) is 5.75 Å². The molecule has 3 aromatic rings. The van der Waals surface area contributed by atoms with Crippen LogP contribution in [0.1, 0.15) is 35.1 Å². The van der Waals surface area contributed by atoms with Gasteiger partial charge in [-0.05, 0) is 49.2 Å². The molecular formula is C23H23N3O5. The smallest absolute Gasteiger partial charge is 0.338 e. The molecular weight excluding hydrogens is 398 g/mol. The summed E-state index contributed by atoms with van der Waals surface area (Å²) < 4.78 is 12.1. The molecule has 8 heteroatoms. The number of hydrogen-bond acceptors (Lipinski definition) is 6. The number of carbonyl (C=O) groups excluding carboxylic acids is 2. The fourth-order valence-electron chi connectivity index (χ4n) is 3.57. The van der Waals surface area contributed by atoms with E-state index in [0.717, 1.165) is 30.0 Å². The molecule has 0 saturated heterocycles. The van der Waals surface area contributed by atoms with Crippen molar-refractivity contribution in [3.8, 4) is 5.75 Å². The normalized spacial score (nSPS) is 13.5. The van der Waals surface area contributed by atoms with Crippen LogP contribution in [0.3, 0.4) is 0 Å². The first-order valence-corrected chi connectivity index (χ1v) is 10.1. The number of carbonyl (C=O) groups is 2. The Morgan fingerprint density at radius 1 is 1.19 bits per heavy atom. The molecule has 1 aliphatic heterocycles. The minimum atomic E-state index is -0.972. The zero-order chi connectivity index (χ0) is 22.0. The standard InChI is InChI=1S/C23H23N3O5/c1-14(21(27)24-13-15-5-8-17(30-2)9-6-15)31-23(29)16-7-10-18-19(12-16)25-20-4-3-11-26(20)22(18)28/h5-10,12,14H,3-4,11,13H2,1-2H3,(H,24,27)/t14-/m0/s1. The van der Waals surface area contributed by atoms with Crippen LogP contribution in [0, 0.1) is 0 Å². The first-order chi connectivity index (χ1) is 15.0. The fraction of sp³-hybridized carbons (Fsp3) is 0.304. The molecule has 160 valence electrons. The molecule has 0 saturated carbocycles. The Morgan fingerprint density at radius 2 is 1.97 bits per heavy atom. The molecule has 0 unspecified atom stereocenters. The Hall–Kier alpha value is -3.68. The van der Waals surface area contributed by atoms with E-state index in [0.29, 0.717) is 24.0 Å². The Balaban J connectivity index is 1.41. The van der Waals surface area contributed by atoms with Crippen molar-refractivity contribution in [2.45, 2.75) is 39.0 Å². The van der Waals surface area contributed by atoms with Crippen LogP contribution in [0.2, 0.25) is 0 Å². The van der Waals surface area contributed by atoms with Gasteiger partial charge in [0.15, 0.2) is 6.10 Å². The van der Waals surface area contributed by atoms with Gasteiger partial charge >= 0.3 is 5.97 Å². The second-order valence-corrected chi connectivity index (χ2v) is 7.43. The SMILES string of the molecule is COc1ccc(CNC(=O)[C@H](C)OC(=O)c2ccc3c(=O)n4c(nc3c2)CCC4)cc1. The highest BCUT2D eigenvalue weighted by molar-refractivity contribution is 5.95. The Labute approximate surface area is 178 Å². The summed E-state index contributed by atoms with van der Waals surface area (Å²) in [5.74, 6) is 0.416. The third-order valence-electron chi connectivity index (χ3n) is 5.33. The van der Waals surface area contributed by atoms with Crippen LogP contribution in [0.25, 0.3) is 10.9 Å². The lowest BCUT2D eigenvalue weighted by atomic mass is 10.1. The van der Waals surface area contributed by atoms with Gasteiger partial charge in [-0.25, -0.2) is 9.78 Å². The van der Waals surface area contributed by atoms with Crippen molar-refractivity contribution in [1.29, 1.82) is 0 Å². The maximum absolute atomic E-state index is 12.5. The summed E-state index contributed by atoms with van der Waals surface area (Å²) >= 11 is 0. The van der Waals surface area contributed by atoms with Crippen LogP contribution < -0.4 is 15.6 Å². The molecule has 2 aromatic carbocycles. The summed E-state index contributed by atoms with van der Waals surface area (Å²) in [4.78, 5) is 41.9. The molecule has 0 aliphatic carbocycles. The highest BCUT2D eigenvalue weighted by Crippen LogP contribution is 2.17. The summed E-state index contributed by atoms with van der Waals surface area (Å²) in [6.45, 7) is 2.49. The van der Waals surface area contributed by atoms with Crippen molar-refractivity contribution in [2.75, 3.05) is 7.11 Å². The van der Waals surface area contributed by atoms with Gasteiger partial charge in [-0.3, -0.25) is 14.2 Å². The quantitative estimate of drug-likeness (QED) is 0.613. The fourth-order valence-corrected chi connectivity index (χ4v) is 3.57. The number of benzene rings is 2. The van der Waals surface area contributed by atoms with Crippen LogP contribution >= 0.6 is 0 Å².